The summed E-state index contributed by atoms with van der Waals surface area (Å²) in [4.78, 5) is 23.9. The van der Waals surface area contributed by atoms with Gasteiger partial charge in [0.05, 0.1) is 38.2 Å². The van der Waals surface area contributed by atoms with Crippen LogP contribution in [0.4, 0.5) is 4.39 Å². The molecule has 2 atom stereocenters. The number of nitrogens with two attached hydrogens (primary N) is 1. The van der Waals surface area contributed by atoms with Gasteiger partial charge in [0.2, 0.25) is 0 Å². The van der Waals surface area contributed by atoms with Gasteiger partial charge in [0, 0.05) is 25.0 Å². The van der Waals surface area contributed by atoms with E-state index in [4.69, 9.17) is 15.2 Å². The molecule has 0 spiro atoms. The molecule has 30 heavy (non-hydrogen) atoms. The van der Waals surface area contributed by atoms with Gasteiger partial charge < -0.3 is 25.3 Å². The number of methoxy groups -OCH3 is 2. The number of carbonyl (C=O) groups excluding carboxylic acids is 2. The van der Waals surface area contributed by atoms with Crippen LogP contribution in [-0.4, -0.2) is 51.6 Å². The first-order valence-corrected chi connectivity index (χ1v) is 9.57. The molecular formula is C22H31FN2O5. The zero-order chi connectivity index (χ0) is 22.7. The highest BCUT2D eigenvalue weighted by atomic mass is 19.1. The highest BCUT2D eigenvalue weighted by Gasteiger charge is 2.26. The Morgan fingerprint density at radius 2 is 2.10 bits per heavy atom. The third kappa shape index (κ3) is 8.44. The summed E-state index contributed by atoms with van der Waals surface area (Å²) in [6.45, 7) is 8.36. The number of rotatable bonds is 11. The Morgan fingerprint density at radius 3 is 2.67 bits per heavy atom. The molecule has 0 aromatic rings. The average molecular weight is 422 g/mol. The van der Waals surface area contributed by atoms with Crippen LogP contribution in [0.25, 0.3) is 0 Å². The molecule has 0 aliphatic heterocycles. The van der Waals surface area contributed by atoms with E-state index in [1.54, 1.807) is 25.3 Å². The lowest BCUT2D eigenvalue weighted by Crippen LogP contribution is -2.47. The van der Waals surface area contributed by atoms with Crippen molar-refractivity contribution in [3.05, 3.63) is 59.5 Å². The maximum absolute atomic E-state index is 14.1. The number of hydrogen-bond donors (Lipinski definition) is 2. The molecule has 0 fully saturated rings. The minimum atomic E-state index is -0.857. The van der Waals surface area contributed by atoms with Gasteiger partial charge in [-0.25, -0.2) is 9.18 Å². The van der Waals surface area contributed by atoms with Crippen LogP contribution in [0.5, 0.6) is 0 Å². The third-order valence-corrected chi connectivity index (χ3v) is 4.20. The van der Waals surface area contributed by atoms with E-state index >= 15 is 0 Å². The predicted octanol–water partition coefficient (Wildman–Crippen LogP) is 2.47. The topological polar surface area (TPSA) is 99.9 Å². The number of ether oxygens (including phenoxy) is 3. The smallest absolute Gasteiger partial charge is 0.340 e. The minimum Gasteiger partial charge on any atom is -0.465 e. The van der Waals surface area contributed by atoms with E-state index < -0.39 is 29.8 Å². The first kappa shape index (κ1) is 25.5. The standard InChI is InChI=1S/C22H31FN2O5/c1-14(2)30-10-6-7-16(13-28-4)11-15(3)21(26)25-20(24)17-8-9-18(19(23)12-17)22(27)29-5/h6-9,11,14,17,20H,3,10,12-13,24H2,1-2,4-5H3,(H,25,26)/b7-6+,16-11+. The maximum atomic E-state index is 14.1. The predicted molar refractivity (Wildman–Crippen MR) is 113 cm³/mol. The Kier molecular flexibility index (Phi) is 11.0. The molecule has 0 aromatic carbocycles. The molecule has 0 saturated carbocycles. The van der Waals surface area contributed by atoms with Crippen LogP contribution in [0, 0.1) is 5.92 Å². The summed E-state index contributed by atoms with van der Waals surface area (Å²) >= 11 is 0. The number of carbonyl (C=O) groups is 2. The van der Waals surface area contributed by atoms with Crippen molar-refractivity contribution < 1.29 is 28.2 Å². The van der Waals surface area contributed by atoms with E-state index in [1.165, 1.54) is 13.2 Å². The second kappa shape index (κ2) is 12.9. The lowest BCUT2D eigenvalue weighted by atomic mass is 9.93. The zero-order valence-corrected chi connectivity index (χ0v) is 17.9. The van der Waals surface area contributed by atoms with Crippen LogP contribution in [0.3, 0.4) is 0 Å². The van der Waals surface area contributed by atoms with Gasteiger partial charge in [-0.2, -0.15) is 0 Å². The molecule has 1 rings (SSSR count). The fourth-order valence-corrected chi connectivity index (χ4v) is 2.62. The average Bonchev–Trinajstić information content (AvgIpc) is 2.70. The number of amides is 1. The van der Waals surface area contributed by atoms with Crippen LogP contribution >= 0.6 is 0 Å². The Balaban J connectivity index is 2.70. The number of allylic oxidation sites excluding steroid dienone is 1. The summed E-state index contributed by atoms with van der Waals surface area (Å²) in [7, 11) is 2.73. The van der Waals surface area contributed by atoms with E-state index in [0.29, 0.717) is 6.61 Å². The maximum Gasteiger partial charge on any atom is 0.340 e. The van der Waals surface area contributed by atoms with Gasteiger partial charge in [-0.3, -0.25) is 4.79 Å². The summed E-state index contributed by atoms with van der Waals surface area (Å²) in [6.07, 6.45) is 7.24. The summed E-state index contributed by atoms with van der Waals surface area (Å²) in [5.41, 5.74) is 6.78. The molecule has 1 aliphatic rings. The molecule has 0 saturated heterocycles. The van der Waals surface area contributed by atoms with Gasteiger partial charge in [0.15, 0.2) is 0 Å². The van der Waals surface area contributed by atoms with E-state index in [0.717, 1.165) is 5.57 Å². The lowest BCUT2D eigenvalue weighted by Gasteiger charge is -2.24. The Labute approximate surface area is 177 Å². The van der Waals surface area contributed by atoms with Gasteiger partial charge >= 0.3 is 5.97 Å². The number of halogens is 1. The van der Waals surface area contributed by atoms with Crippen molar-refractivity contribution in [1.82, 2.24) is 5.32 Å². The van der Waals surface area contributed by atoms with Crippen molar-refractivity contribution >= 4 is 11.9 Å². The van der Waals surface area contributed by atoms with Crippen LogP contribution in [0.2, 0.25) is 0 Å². The van der Waals surface area contributed by atoms with Crippen molar-refractivity contribution in [2.75, 3.05) is 27.4 Å². The minimum absolute atomic E-state index is 0.113. The highest BCUT2D eigenvalue weighted by Crippen LogP contribution is 2.26. The summed E-state index contributed by atoms with van der Waals surface area (Å²) in [5, 5.41) is 2.61. The summed E-state index contributed by atoms with van der Waals surface area (Å²) < 4.78 is 29.2. The summed E-state index contributed by atoms with van der Waals surface area (Å²) in [5.74, 6) is -2.38. The highest BCUT2D eigenvalue weighted by molar-refractivity contribution is 5.96. The normalized spacial score (nSPS) is 18.1. The van der Waals surface area contributed by atoms with E-state index in [9.17, 15) is 14.0 Å². The molecular weight excluding hydrogens is 391 g/mol. The van der Waals surface area contributed by atoms with Crippen LogP contribution in [-0.2, 0) is 23.8 Å². The largest absolute Gasteiger partial charge is 0.465 e. The molecule has 8 heteroatoms. The Hall–Kier alpha value is -2.55. The van der Waals surface area contributed by atoms with Crippen molar-refractivity contribution in [1.29, 1.82) is 0 Å². The quantitative estimate of drug-likeness (QED) is 0.230. The van der Waals surface area contributed by atoms with E-state index in [-0.39, 0.29) is 30.3 Å². The molecule has 0 radical (unpaired) electrons. The monoisotopic (exact) mass is 422 g/mol. The van der Waals surface area contributed by atoms with Gasteiger partial charge in [-0.05, 0) is 31.6 Å². The molecule has 2 unspecified atom stereocenters. The first-order chi connectivity index (χ1) is 14.2. The van der Waals surface area contributed by atoms with Gasteiger partial charge in [0.25, 0.3) is 5.91 Å². The van der Waals surface area contributed by atoms with Crippen molar-refractivity contribution in [3.8, 4) is 0 Å². The molecule has 7 nitrogen and oxygen atoms in total. The van der Waals surface area contributed by atoms with Gasteiger partial charge in [-0.15, -0.1) is 0 Å². The summed E-state index contributed by atoms with van der Waals surface area (Å²) in [6, 6.07) is 0. The fourth-order valence-electron chi connectivity index (χ4n) is 2.62. The van der Waals surface area contributed by atoms with Gasteiger partial charge in [-0.1, -0.05) is 24.8 Å². The Morgan fingerprint density at radius 1 is 1.40 bits per heavy atom. The molecule has 0 bridgehead atoms. The molecule has 1 amide bonds. The van der Waals surface area contributed by atoms with Gasteiger partial charge in [0.1, 0.15) is 5.83 Å². The van der Waals surface area contributed by atoms with Crippen molar-refractivity contribution in [2.24, 2.45) is 11.7 Å². The Bertz CT molecular complexity index is 753. The molecule has 0 aromatic heterocycles. The second-order valence-corrected chi connectivity index (χ2v) is 7.00. The number of hydrogen-bond acceptors (Lipinski definition) is 6. The second-order valence-electron chi connectivity index (χ2n) is 7.00. The van der Waals surface area contributed by atoms with Crippen molar-refractivity contribution in [3.63, 3.8) is 0 Å². The van der Waals surface area contributed by atoms with Crippen LogP contribution < -0.4 is 11.1 Å². The lowest BCUT2D eigenvalue weighted by molar-refractivity contribution is -0.136. The first-order valence-electron chi connectivity index (χ1n) is 9.57. The molecule has 0 heterocycles. The number of esters is 1. The molecule has 3 N–H and O–H groups in total. The van der Waals surface area contributed by atoms with E-state index in [1.807, 2.05) is 19.9 Å². The van der Waals surface area contributed by atoms with Crippen LogP contribution in [0.15, 0.2) is 59.5 Å². The SMILES string of the molecule is C=C(/C=C(\C=C\COC(C)C)COC)C(=O)NC(N)C1C=CC(C(=O)OC)=C(F)C1. The van der Waals surface area contributed by atoms with Crippen LogP contribution in [0.1, 0.15) is 20.3 Å². The zero-order valence-electron chi connectivity index (χ0n) is 17.9. The fraction of sp³-hybridized carbons (Fsp3) is 0.455. The number of nitrogens with one attached hydrogen (secondary N) is 1. The molecule has 1 aliphatic carbocycles. The van der Waals surface area contributed by atoms with E-state index in [2.05, 4.69) is 16.6 Å². The third-order valence-electron chi connectivity index (χ3n) is 4.20. The molecule has 166 valence electrons. The van der Waals surface area contributed by atoms with Crippen molar-refractivity contribution in [2.45, 2.75) is 32.5 Å².